The van der Waals surface area contributed by atoms with E-state index in [2.05, 4.69) is 15.7 Å². The van der Waals surface area contributed by atoms with Crippen LogP contribution in [0.25, 0.3) is 5.69 Å². The summed E-state index contributed by atoms with van der Waals surface area (Å²) in [5.41, 5.74) is 1.62. The Balaban J connectivity index is 1.79. The smallest absolute Gasteiger partial charge is 0.240 e. The van der Waals surface area contributed by atoms with E-state index in [4.69, 9.17) is 11.6 Å². The molecular formula is C19H13ClN4O2. The third kappa shape index (κ3) is 1.84. The first-order valence-corrected chi connectivity index (χ1v) is 8.53. The van der Waals surface area contributed by atoms with Gasteiger partial charge in [0.2, 0.25) is 11.8 Å². The van der Waals surface area contributed by atoms with Crippen molar-refractivity contribution < 1.29 is 9.59 Å². The molecule has 0 aliphatic carbocycles. The lowest BCUT2D eigenvalue weighted by Crippen LogP contribution is -2.43. The average Bonchev–Trinajstić information content (AvgIpc) is 3.18. The molecule has 2 amide bonds. The first-order chi connectivity index (χ1) is 12.6. The molecule has 1 spiro atoms. The van der Waals surface area contributed by atoms with Crippen molar-refractivity contribution in [1.82, 2.24) is 9.78 Å². The molecule has 5 rings (SSSR count). The summed E-state index contributed by atoms with van der Waals surface area (Å²) in [5, 5.41) is 10.6. The fourth-order valence-corrected chi connectivity index (χ4v) is 4.07. The molecule has 3 heterocycles. The van der Waals surface area contributed by atoms with Crippen molar-refractivity contribution in [2.75, 3.05) is 10.6 Å². The Morgan fingerprint density at radius 1 is 1.00 bits per heavy atom. The van der Waals surface area contributed by atoms with Gasteiger partial charge in [0, 0.05) is 12.0 Å². The molecule has 0 saturated carbocycles. The van der Waals surface area contributed by atoms with Crippen LogP contribution in [0.2, 0.25) is 5.02 Å². The number of fused-ring (bicyclic) bond motifs is 4. The maximum atomic E-state index is 13.0. The van der Waals surface area contributed by atoms with Crippen LogP contribution in [0, 0.1) is 0 Å². The third-order valence-corrected chi connectivity index (χ3v) is 5.33. The second kappa shape index (κ2) is 5.19. The first kappa shape index (κ1) is 15.2. The number of carbonyl (C=O) groups excluding carboxylic acids is 2. The molecule has 0 fully saturated rings. The number of para-hydroxylation sites is 2. The van der Waals surface area contributed by atoms with Crippen LogP contribution >= 0.6 is 11.6 Å². The quantitative estimate of drug-likeness (QED) is 0.696. The number of amides is 2. The molecule has 2 aromatic carbocycles. The minimum Gasteiger partial charge on any atom is -0.323 e. The summed E-state index contributed by atoms with van der Waals surface area (Å²) in [7, 11) is 0. The minimum absolute atomic E-state index is 0.0136. The number of hydrogen-bond donors (Lipinski definition) is 2. The summed E-state index contributed by atoms with van der Waals surface area (Å²) in [4.78, 5) is 25.6. The van der Waals surface area contributed by atoms with Crippen LogP contribution in [0.15, 0.2) is 54.7 Å². The third-order valence-electron chi connectivity index (χ3n) is 5.01. The van der Waals surface area contributed by atoms with E-state index in [1.165, 1.54) is 0 Å². The average molecular weight is 365 g/mol. The largest absolute Gasteiger partial charge is 0.323 e. The number of rotatable bonds is 1. The monoisotopic (exact) mass is 364 g/mol. The normalized spacial score (nSPS) is 20.5. The molecule has 128 valence electrons. The number of nitrogens with zero attached hydrogens (tertiary/aromatic N) is 2. The zero-order valence-corrected chi connectivity index (χ0v) is 14.2. The fourth-order valence-electron chi connectivity index (χ4n) is 3.85. The van der Waals surface area contributed by atoms with Gasteiger partial charge in [0.25, 0.3) is 0 Å². The Kier molecular flexibility index (Phi) is 3.02. The van der Waals surface area contributed by atoms with Gasteiger partial charge in [0.05, 0.1) is 22.6 Å². The summed E-state index contributed by atoms with van der Waals surface area (Å²) in [5.74, 6) is 0.0119. The SMILES string of the molecule is O=C1C[C@@]2(C(=O)Nc3c(Cl)cccc32)c2cnn(-c3ccccc3)c2N1. The molecule has 3 aromatic rings. The van der Waals surface area contributed by atoms with E-state index in [0.717, 1.165) is 5.69 Å². The molecule has 0 bridgehead atoms. The van der Waals surface area contributed by atoms with Gasteiger partial charge >= 0.3 is 0 Å². The number of hydrogen-bond acceptors (Lipinski definition) is 3. The van der Waals surface area contributed by atoms with Crippen LogP contribution in [-0.2, 0) is 15.0 Å². The van der Waals surface area contributed by atoms with Gasteiger partial charge < -0.3 is 10.6 Å². The number of aromatic nitrogens is 2. The molecule has 1 aromatic heterocycles. The molecule has 26 heavy (non-hydrogen) atoms. The summed E-state index contributed by atoms with van der Waals surface area (Å²) in [6, 6.07) is 14.8. The van der Waals surface area contributed by atoms with Crippen molar-refractivity contribution in [3.63, 3.8) is 0 Å². The van der Waals surface area contributed by atoms with Crippen LogP contribution in [-0.4, -0.2) is 21.6 Å². The summed E-state index contributed by atoms with van der Waals surface area (Å²) in [6.07, 6.45) is 1.66. The number of benzene rings is 2. The lowest BCUT2D eigenvalue weighted by atomic mass is 9.72. The first-order valence-electron chi connectivity index (χ1n) is 8.15. The lowest BCUT2D eigenvalue weighted by molar-refractivity contribution is -0.125. The van der Waals surface area contributed by atoms with E-state index < -0.39 is 5.41 Å². The molecule has 2 aliphatic rings. The number of anilines is 2. The fraction of sp³-hybridized carbons (Fsp3) is 0.105. The highest BCUT2D eigenvalue weighted by atomic mass is 35.5. The number of nitrogens with one attached hydrogen (secondary N) is 2. The Labute approximate surface area is 153 Å². The Bertz CT molecular complexity index is 1080. The highest BCUT2D eigenvalue weighted by molar-refractivity contribution is 6.35. The molecule has 0 radical (unpaired) electrons. The number of carbonyl (C=O) groups is 2. The van der Waals surface area contributed by atoms with Crippen molar-refractivity contribution in [3.8, 4) is 5.69 Å². The summed E-state index contributed by atoms with van der Waals surface area (Å²) >= 11 is 6.27. The van der Waals surface area contributed by atoms with Crippen molar-refractivity contribution in [3.05, 3.63) is 70.9 Å². The van der Waals surface area contributed by atoms with Crippen LogP contribution in [0.1, 0.15) is 17.5 Å². The van der Waals surface area contributed by atoms with Crippen molar-refractivity contribution >= 4 is 34.9 Å². The van der Waals surface area contributed by atoms with Gasteiger partial charge in [-0.25, -0.2) is 4.68 Å². The zero-order valence-electron chi connectivity index (χ0n) is 13.5. The van der Waals surface area contributed by atoms with Crippen molar-refractivity contribution in [2.45, 2.75) is 11.8 Å². The van der Waals surface area contributed by atoms with Gasteiger partial charge in [-0.2, -0.15) is 5.10 Å². The maximum Gasteiger partial charge on any atom is 0.240 e. The molecule has 1 atom stereocenters. The summed E-state index contributed by atoms with van der Waals surface area (Å²) < 4.78 is 1.64. The Morgan fingerprint density at radius 3 is 2.62 bits per heavy atom. The highest BCUT2D eigenvalue weighted by Gasteiger charge is 2.54. The second-order valence-electron chi connectivity index (χ2n) is 6.40. The highest BCUT2D eigenvalue weighted by Crippen LogP contribution is 2.51. The van der Waals surface area contributed by atoms with E-state index in [0.29, 0.717) is 27.7 Å². The molecule has 2 aliphatic heterocycles. The molecule has 0 saturated heterocycles. The predicted molar refractivity (Wildman–Crippen MR) is 97.7 cm³/mol. The van der Waals surface area contributed by atoms with Crippen molar-refractivity contribution in [2.24, 2.45) is 0 Å². The molecule has 0 unspecified atom stereocenters. The summed E-state index contributed by atoms with van der Waals surface area (Å²) in [6.45, 7) is 0. The van der Waals surface area contributed by atoms with Crippen LogP contribution in [0.5, 0.6) is 0 Å². The van der Waals surface area contributed by atoms with Crippen molar-refractivity contribution in [1.29, 1.82) is 0 Å². The molecule has 7 heteroatoms. The zero-order chi connectivity index (χ0) is 17.9. The molecular weight excluding hydrogens is 352 g/mol. The topological polar surface area (TPSA) is 76.0 Å². The maximum absolute atomic E-state index is 13.0. The molecule has 6 nitrogen and oxygen atoms in total. The van der Waals surface area contributed by atoms with Gasteiger partial charge in [0.1, 0.15) is 11.2 Å². The van der Waals surface area contributed by atoms with E-state index in [-0.39, 0.29) is 18.2 Å². The van der Waals surface area contributed by atoms with Crippen LogP contribution in [0.4, 0.5) is 11.5 Å². The Hall–Kier alpha value is -3.12. The standard InChI is InChI=1S/C19H13ClN4O2/c20-14-8-4-7-12-16(14)23-18(26)19(12)9-15(25)22-17-13(19)10-21-24(17)11-5-2-1-3-6-11/h1-8,10H,9H2,(H,22,25)(H,23,26)/t19-/m0/s1. The van der Waals surface area contributed by atoms with Gasteiger partial charge in [-0.05, 0) is 23.8 Å². The van der Waals surface area contributed by atoms with E-state index >= 15 is 0 Å². The van der Waals surface area contributed by atoms with Gasteiger partial charge in [-0.3, -0.25) is 9.59 Å². The second-order valence-corrected chi connectivity index (χ2v) is 6.81. The van der Waals surface area contributed by atoms with Gasteiger partial charge in [-0.15, -0.1) is 0 Å². The van der Waals surface area contributed by atoms with Gasteiger partial charge in [-0.1, -0.05) is 41.9 Å². The van der Waals surface area contributed by atoms with Crippen LogP contribution in [0.3, 0.4) is 0 Å². The minimum atomic E-state index is -1.12. The lowest BCUT2D eigenvalue weighted by Gasteiger charge is -2.31. The number of halogens is 1. The van der Waals surface area contributed by atoms with Crippen LogP contribution < -0.4 is 10.6 Å². The predicted octanol–water partition coefficient (Wildman–Crippen LogP) is 3.11. The van der Waals surface area contributed by atoms with Gasteiger partial charge in [0.15, 0.2) is 0 Å². The Morgan fingerprint density at radius 2 is 1.81 bits per heavy atom. The van der Waals surface area contributed by atoms with E-state index in [1.807, 2.05) is 36.4 Å². The van der Waals surface area contributed by atoms with E-state index in [1.54, 1.807) is 23.0 Å². The molecule has 2 N–H and O–H groups in total. The van der Waals surface area contributed by atoms with E-state index in [9.17, 15) is 9.59 Å².